The molecule has 6 heteroatoms. The summed E-state index contributed by atoms with van der Waals surface area (Å²) in [6.45, 7) is 0. The van der Waals surface area contributed by atoms with E-state index in [0.717, 1.165) is 12.1 Å². The zero-order valence-electron chi connectivity index (χ0n) is 10.3. The minimum atomic E-state index is -4.46. The fraction of sp³-hybridized carbons (Fsp3) is 0.143. The van der Waals surface area contributed by atoms with Crippen molar-refractivity contribution in [2.45, 2.75) is 6.18 Å². The van der Waals surface area contributed by atoms with Crippen molar-refractivity contribution < 1.29 is 17.9 Å². The standard InChI is InChI=1S/C14H9Cl2F3O/c1-20-10-6-8(5-9(7-10)14(17,18)19)11-3-2-4-12(15)13(11)16/h2-7H,1H3. The molecule has 0 spiro atoms. The third-order valence-corrected chi connectivity index (χ3v) is 3.55. The summed E-state index contributed by atoms with van der Waals surface area (Å²) in [5.41, 5.74) is -0.0874. The lowest BCUT2D eigenvalue weighted by Crippen LogP contribution is -2.05. The fourth-order valence-corrected chi connectivity index (χ4v) is 2.17. The van der Waals surface area contributed by atoms with Crippen LogP contribution in [0.4, 0.5) is 13.2 Å². The van der Waals surface area contributed by atoms with Gasteiger partial charge in [-0.15, -0.1) is 0 Å². The molecule has 0 amide bonds. The van der Waals surface area contributed by atoms with Crippen LogP contribution in [-0.2, 0) is 6.18 Å². The predicted octanol–water partition coefficient (Wildman–Crippen LogP) is 5.69. The Labute approximate surface area is 123 Å². The highest BCUT2D eigenvalue weighted by Gasteiger charge is 2.31. The van der Waals surface area contributed by atoms with Gasteiger partial charge in [0.15, 0.2) is 0 Å². The largest absolute Gasteiger partial charge is 0.497 e. The van der Waals surface area contributed by atoms with E-state index >= 15 is 0 Å². The van der Waals surface area contributed by atoms with E-state index in [9.17, 15) is 13.2 Å². The van der Waals surface area contributed by atoms with Gasteiger partial charge in [-0.05, 0) is 29.8 Å². The fourth-order valence-electron chi connectivity index (χ4n) is 1.76. The molecule has 0 unspecified atom stereocenters. The lowest BCUT2D eigenvalue weighted by Gasteiger charge is -2.13. The number of halogens is 5. The van der Waals surface area contributed by atoms with Gasteiger partial charge in [0, 0.05) is 5.56 Å². The molecular weight excluding hydrogens is 312 g/mol. The van der Waals surface area contributed by atoms with E-state index < -0.39 is 11.7 Å². The highest BCUT2D eigenvalue weighted by atomic mass is 35.5. The average molecular weight is 321 g/mol. The van der Waals surface area contributed by atoms with Gasteiger partial charge < -0.3 is 4.74 Å². The number of rotatable bonds is 2. The second-order valence-electron chi connectivity index (χ2n) is 4.05. The molecule has 0 bridgehead atoms. The molecule has 2 aromatic rings. The highest BCUT2D eigenvalue weighted by Crippen LogP contribution is 2.39. The monoisotopic (exact) mass is 320 g/mol. The van der Waals surface area contributed by atoms with Crippen molar-refractivity contribution in [3.8, 4) is 16.9 Å². The molecule has 0 aliphatic carbocycles. The Balaban J connectivity index is 2.65. The summed E-state index contributed by atoms with van der Waals surface area (Å²) in [4.78, 5) is 0. The third-order valence-electron chi connectivity index (χ3n) is 2.73. The van der Waals surface area contributed by atoms with Crippen LogP contribution in [0.3, 0.4) is 0 Å². The molecule has 0 saturated carbocycles. The van der Waals surface area contributed by atoms with Crippen molar-refractivity contribution in [2.24, 2.45) is 0 Å². The number of hydrogen-bond donors (Lipinski definition) is 0. The van der Waals surface area contributed by atoms with E-state index in [1.165, 1.54) is 13.2 Å². The van der Waals surface area contributed by atoms with Gasteiger partial charge in [0.2, 0.25) is 0 Å². The molecule has 0 fully saturated rings. The molecule has 0 aliphatic rings. The van der Waals surface area contributed by atoms with Crippen LogP contribution in [0.2, 0.25) is 10.0 Å². The van der Waals surface area contributed by atoms with Crippen LogP contribution in [0.1, 0.15) is 5.56 Å². The van der Waals surface area contributed by atoms with Crippen molar-refractivity contribution in [3.63, 3.8) is 0 Å². The zero-order valence-corrected chi connectivity index (χ0v) is 11.8. The maximum Gasteiger partial charge on any atom is 0.416 e. The second-order valence-corrected chi connectivity index (χ2v) is 4.83. The molecule has 2 rings (SSSR count). The number of ether oxygens (including phenoxy) is 1. The molecule has 0 aliphatic heterocycles. The van der Waals surface area contributed by atoms with Crippen LogP contribution in [0.5, 0.6) is 5.75 Å². The summed E-state index contributed by atoms with van der Waals surface area (Å²) < 4.78 is 43.5. The van der Waals surface area contributed by atoms with Gasteiger partial charge in [-0.2, -0.15) is 13.2 Å². The van der Waals surface area contributed by atoms with Crippen molar-refractivity contribution in [1.82, 2.24) is 0 Å². The van der Waals surface area contributed by atoms with Crippen molar-refractivity contribution in [2.75, 3.05) is 7.11 Å². The maximum absolute atomic E-state index is 12.9. The maximum atomic E-state index is 12.9. The molecule has 0 heterocycles. The molecular formula is C14H9Cl2F3O. The second kappa shape index (κ2) is 5.54. The van der Waals surface area contributed by atoms with Crippen molar-refractivity contribution >= 4 is 23.2 Å². The number of methoxy groups -OCH3 is 1. The van der Waals surface area contributed by atoms with Gasteiger partial charge >= 0.3 is 6.18 Å². The van der Waals surface area contributed by atoms with Crippen LogP contribution in [0, 0.1) is 0 Å². The topological polar surface area (TPSA) is 9.23 Å². The lowest BCUT2D eigenvalue weighted by molar-refractivity contribution is -0.137. The number of hydrogen-bond acceptors (Lipinski definition) is 1. The van der Waals surface area contributed by atoms with Crippen LogP contribution < -0.4 is 4.74 Å². The first-order valence-corrected chi connectivity index (χ1v) is 6.29. The minimum absolute atomic E-state index is 0.103. The molecule has 0 atom stereocenters. The summed E-state index contributed by atoms with van der Waals surface area (Å²) in [6.07, 6.45) is -4.46. The average Bonchev–Trinajstić information content (AvgIpc) is 2.40. The van der Waals surface area contributed by atoms with Crippen LogP contribution >= 0.6 is 23.2 Å². The minimum Gasteiger partial charge on any atom is -0.497 e. The third kappa shape index (κ3) is 3.02. The molecule has 0 saturated heterocycles. The van der Waals surface area contributed by atoms with Crippen molar-refractivity contribution in [3.05, 3.63) is 52.0 Å². The van der Waals surface area contributed by atoms with Gasteiger partial charge in [-0.25, -0.2) is 0 Å². The Kier molecular flexibility index (Phi) is 4.16. The summed E-state index contributed by atoms with van der Waals surface area (Å²) in [5.74, 6) is 0.103. The van der Waals surface area contributed by atoms with E-state index in [-0.39, 0.29) is 15.8 Å². The first kappa shape index (κ1) is 15.0. The van der Waals surface area contributed by atoms with Gasteiger partial charge in [-0.1, -0.05) is 35.3 Å². The first-order valence-electron chi connectivity index (χ1n) is 5.53. The summed E-state index contributed by atoms with van der Waals surface area (Å²) in [7, 11) is 1.30. The highest BCUT2D eigenvalue weighted by molar-refractivity contribution is 6.43. The van der Waals surface area contributed by atoms with Gasteiger partial charge in [0.05, 0.1) is 22.7 Å². The van der Waals surface area contributed by atoms with E-state index in [1.807, 2.05) is 0 Å². The van der Waals surface area contributed by atoms with E-state index in [2.05, 4.69) is 0 Å². The molecule has 1 nitrogen and oxygen atoms in total. The molecule has 0 aromatic heterocycles. The normalized spacial score (nSPS) is 11.5. The van der Waals surface area contributed by atoms with Gasteiger partial charge in [-0.3, -0.25) is 0 Å². The number of alkyl halides is 3. The summed E-state index contributed by atoms with van der Waals surface area (Å²) >= 11 is 11.9. The summed E-state index contributed by atoms with van der Waals surface area (Å²) in [5, 5.41) is 0.482. The molecule has 0 N–H and O–H groups in total. The smallest absolute Gasteiger partial charge is 0.416 e. The Hall–Kier alpha value is -1.39. The Morgan fingerprint density at radius 3 is 2.35 bits per heavy atom. The molecule has 2 aromatic carbocycles. The Morgan fingerprint density at radius 2 is 1.75 bits per heavy atom. The number of benzene rings is 2. The van der Waals surface area contributed by atoms with Crippen LogP contribution in [0.15, 0.2) is 36.4 Å². The van der Waals surface area contributed by atoms with Crippen LogP contribution in [0.25, 0.3) is 11.1 Å². The zero-order chi connectivity index (χ0) is 14.9. The Morgan fingerprint density at radius 1 is 1.05 bits per heavy atom. The van der Waals surface area contributed by atoms with E-state index in [1.54, 1.807) is 18.2 Å². The molecule has 106 valence electrons. The molecule has 0 radical (unpaired) electrons. The predicted molar refractivity (Wildman–Crippen MR) is 73.5 cm³/mol. The Bertz CT molecular complexity index is 639. The van der Waals surface area contributed by atoms with Gasteiger partial charge in [0.1, 0.15) is 5.75 Å². The lowest BCUT2D eigenvalue weighted by atomic mass is 10.0. The SMILES string of the molecule is COc1cc(-c2cccc(Cl)c2Cl)cc(C(F)(F)F)c1. The van der Waals surface area contributed by atoms with Gasteiger partial charge in [0.25, 0.3) is 0 Å². The summed E-state index contributed by atoms with van der Waals surface area (Å²) in [6, 6.07) is 8.21. The first-order chi connectivity index (χ1) is 9.32. The van der Waals surface area contributed by atoms with E-state index in [0.29, 0.717) is 11.1 Å². The quantitative estimate of drug-likeness (QED) is 0.690. The molecule has 20 heavy (non-hydrogen) atoms. The van der Waals surface area contributed by atoms with Crippen molar-refractivity contribution in [1.29, 1.82) is 0 Å². The van der Waals surface area contributed by atoms with E-state index in [4.69, 9.17) is 27.9 Å². The van der Waals surface area contributed by atoms with Crippen LogP contribution in [-0.4, -0.2) is 7.11 Å².